The van der Waals surface area contributed by atoms with E-state index in [9.17, 15) is 0 Å². The summed E-state index contributed by atoms with van der Waals surface area (Å²) in [5.74, 6) is 0.842. The third-order valence-corrected chi connectivity index (χ3v) is 4.45. The first-order valence-corrected chi connectivity index (χ1v) is 7.71. The van der Waals surface area contributed by atoms with Crippen molar-refractivity contribution in [1.29, 1.82) is 0 Å². The van der Waals surface area contributed by atoms with Crippen LogP contribution in [-0.4, -0.2) is 14.5 Å². The van der Waals surface area contributed by atoms with Gasteiger partial charge in [0.1, 0.15) is 5.82 Å². The minimum atomic E-state index is 0.842. The van der Waals surface area contributed by atoms with Crippen molar-refractivity contribution < 1.29 is 0 Å². The Morgan fingerprint density at radius 2 is 2.19 bits per heavy atom. The molecular weight excluding hydrogens is 258 g/mol. The molecule has 1 aromatic carbocycles. The van der Waals surface area contributed by atoms with Crippen molar-refractivity contribution in [2.75, 3.05) is 0 Å². The van der Waals surface area contributed by atoms with Crippen LogP contribution in [0.2, 0.25) is 0 Å². The first-order valence-electron chi connectivity index (χ1n) is 7.71. The highest BCUT2D eigenvalue weighted by molar-refractivity contribution is 5.97. The van der Waals surface area contributed by atoms with E-state index in [4.69, 9.17) is 4.98 Å². The van der Waals surface area contributed by atoms with Crippen LogP contribution in [0.15, 0.2) is 30.6 Å². The Labute approximate surface area is 124 Å². The Hall–Kier alpha value is -2.16. The van der Waals surface area contributed by atoms with Crippen molar-refractivity contribution >= 4 is 10.9 Å². The van der Waals surface area contributed by atoms with Gasteiger partial charge in [-0.25, -0.2) is 9.97 Å². The highest BCUT2D eigenvalue weighted by Gasteiger charge is 2.19. The molecule has 0 spiro atoms. The summed E-state index contributed by atoms with van der Waals surface area (Å²) < 4.78 is 2.40. The maximum Gasteiger partial charge on any atom is 0.125 e. The quantitative estimate of drug-likeness (QED) is 0.711. The van der Waals surface area contributed by atoms with E-state index in [1.807, 2.05) is 13.1 Å². The zero-order valence-corrected chi connectivity index (χ0v) is 12.6. The summed E-state index contributed by atoms with van der Waals surface area (Å²) in [6.45, 7) is 5.24. The first-order chi connectivity index (χ1) is 10.3. The summed E-state index contributed by atoms with van der Waals surface area (Å²) in [5, 5.41) is 1.33. The Bertz CT molecular complexity index is 830. The molecule has 0 saturated carbocycles. The fraction of sp³-hybridized carbons (Fsp3) is 0.333. The average Bonchev–Trinajstić information content (AvgIpc) is 2.89. The molecule has 0 aliphatic carbocycles. The lowest BCUT2D eigenvalue weighted by Gasteiger charge is -2.14. The monoisotopic (exact) mass is 277 g/mol. The van der Waals surface area contributed by atoms with Gasteiger partial charge in [0, 0.05) is 29.9 Å². The maximum atomic E-state index is 4.74. The Kier molecular flexibility index (Phi) is 2.81. The molecule has 4 rings (SSSR count). The standard InChI is InChI=1S/C18H19N3/c1-3-13-10-19-12(2)20-17(13)16-11-21-9-5-7-14-6-4-8-15(16)18(14)21/h4,6,8,10-11H,3,5,7,9H2,1-2H3. The Morgan fingerprint density at radius 3 is 3.05 bits per heavy atom. The molecule has 0 bridgehead atoms. The zero-order chi connectivity index (χ0) is 14.4. The summed E-state index contributed by atoms with van der Waals surface area (Å²) >= 11 is 0. The van der Waals surface area contributed by atoms with Crippen LogP contribution >= 0.6 is 0 Å². The summed E-state index contributed by atoms with van der Waals surface area (Å²) in [5.41, 5.74) is 6.46. The number of aromatic nitrogens is 3. The summed E-state index contributed by atoms with van der Waals surface area (Å²) in [4.78, 5) is 9.09. The molecule has 0 fully saturated rings. The number of hydrogen-bond donors (Lipinski definition) is 0. The normalized spacial score (nSPS) is 13.8. The number of rotatable bonds is 2. The molecule has 2 aromatic heterocycles. The molecule has 0 N–H and O–H groups in total. The summed E-state index contributed by atoms with van der Waals surface area (Å²) in [7, 11) is 0. The largest absolute Gasteiger partial charge is 0.347 e. The van der Waals surface area contributed by atoms with Gasteiger partial charge in [0.25, 0.3) is 0 Å². The number of para-hydroxylation sites is 1. The molecule has 106 valence electrons. The van der Waals surface area contributed by atoms with Crippen LogP contribution in [-0.2, 0) is 19.4 Å². The fourth-order valence-electron chi connectivity index (χ4n) is 3.43. The van der Waals surface area contributed by atoms with Gasteiger partial charge in [-0.3, -0.25) is 0 Å². The van der Waals surface area contributed by atoms with Crippen LogP contribution in [0, 0.1) is 6.92 Å². The highest BCUT2D eigenvalue weighted by Crippen LogP contribution is 2.35. The Balaban J connectivity index is 2.05. The van der Waals surface area contributed by atoms with E-state index >= 15 is 0 Å². The van der Waals surface area contributed by atoms with Gasteiger partial charge >= 0.3 is 0 Å². The van der Waals surface area contributed by atoms with Crippen LogP contribution < -0.4 is 0 Å². The second kappa shape index (κ2) is 4.69. The molecule has 21 heavy (non-hydrogen) atoms. The van der Waals surface area contributed by atoms with Crippen molar-refractivity contribution in [3.8, 4) is 11.3 Å². The van der Waals surface area contributed by atoms with Gasteiger partial charge in [-0.1, -0.05) is 25.1 Å². The van der Waals surface area contributed by atoms with Crippen molar-refractivity contribution in [3.63, 3.8) is 0 Å². The van der Waals surface area contributed by atoms with Crippen molar-refractivity contribution in [2.45, 2.75) is 39.7 Å². The second-order valence-electron chi connectivity index (χ2n) is 5.80. The van der Waals surface area contributed by atoms with Crippen molar-refractivity contribution in [1.82, 2.24) is 14.5 Å². The lowest BCUT2D eigenvalue weighted by molar-refractivity contribution is 0.636. The molecule has 0 atom stereocenters. The molecule has 3 heteroatoms. The van der Waals surface area contributed by atoms with Gasteiger partial charge in [-0.15, -0.1) is 0 Å². The first kappa shape index (κ1) is 12.6. The number of nitrogens with zero attached hydrogens (tertiary/aromatic N) is 3. The molecule has 3 heterocycles. The van der Waals surface area contributed by atoms with Gasteiger partial charge in [0.2, 0.25) is 0 Å². The highest BCUT2D eigenvalue weighted by atomic mass is 15.0. The third-order valence-electron chi connectivity index (χ3n) is 4.45. The van der Waals surface area contributed by atoms with E-state index in [0.29, 0.717) is 0 Å². The van der Waals surface area contributed by atoms with Gasteiger partial charge in [0.15, 0.2) is 0 Å². The van der Waals surface area contributed by atoms with E-state index < -0.39 is 0 Å². The van der Waals surface area contributed by atoms with Crippen LogP contribution in [0.3, 0.4) is 0 Å². The average molecular weight is 277 g/mol. The predicted molar refractivity (Wildman–Crippen MR) is 85.4 cm³/mol. The van der Waals surface area contributed by atoms with Crippen LogP contribution in [0.1, 0.15) is 30.3 Å². The van der Waals surface area contributed by atoms with E-state index in [-0.39, 0.29) is 0 Å². The fourth-order valence-corrected chi connectivity index (χ4v) is 3.43. The minimum absolute atomic E-state index is 0.842. The van der Waals surface area contributed by atoms with Crippen LogP contribution in [0.25, 0.3) is 22.2 Å². The predicted octanol–water partition coefficient (Wildman–Crippen LogP) is 3.92. The lowest BCUT2D eigenvalue weighted by atomic mass is 10.0. The minimum Gasteiger partial charge on any atom is -0.347 e. The molecule has 0 saturated heterocycles. The number of hydrogen-bond acceptors (Lipinski definition) is 2. The number of aryl methyl sites for hydroxylation is 4. The van der Waals surface area contributed by atoms with E-state index in [2.05, 4.69) is 40.9 Å². The molecule has 3 aromatic rings. The third kappa shape index (κ3) is 1.88. The second-order valence-corrected chi connectivity index (χ2v) is 5.80. The maximum absolute atomic E-state index is 4.74. The van der Waals surface area contributed by atoms with Crippen molar-refractivity contribution in [2.24, 2.45) is 0 Å². The zero-order valence-electron chi connectivity index (χ0n) is 12.6. The SMILES string of the molecule is CCc1cnc(C)nc1-c1cn2c3c(cccc13)CCC2. The molecule has 0 unspecified atom stereocenters. The van der Waals surface area contributed by atoms with E-state index in [1.54, 1.807) is 0 Å². The van der Waals surface area contributed by atoms with Gasteiger partial charge < -0.3 is 4.57 Å². The van der Waals surface area contributed by atoms with Crippen LogP contribution in [0.4, 0.5) is 0 Å². The Morgan fingerprint density at radius 1 is 1.29 bits per heavy atom. The molecule has 1 aliphatic rings. The smallest absolute Gasteiger partial charge is 0.125 e. The lowest BCUT2D eigenvalue weighted by Crippen LogP contribution is -2.05. The molecular formula is C18H19N3. The van der Waals surface area contributed by atoms with E-state index in [1.165, 1.54) is 40.4 Å². The van der Waals surface area contributed by atoms with Crippen LogP contribution in [0.5, 0.6) is 0 Å². The van der Waals surface area contributed by atoms with Gasteiger partial charge in [-0.05, 0) is 37.3 Å². The molecule has 0 radical (unpaired) electrons. The number of benzene rings is 1. The topological polar surface area (TPSA) is 30.7 Å². The van der Waals surface area contributed by atoms with Gasteiger partial charge in [-0.2, -0.15) is 0 Å². The molecule has 1 aliphatic heterocycles. The summed E-state index contributed by atoms with van der Waals surface area (Å²) in [6, 6.07) is 6.66. The van der Waals surface area contributed by atoms with E-state index in [0.717, 1.165) is 24.5 Å². The van der Waals surface area contributed by atoms with Gasteiger partial charge in [0.05, 0.1) is 11.2 Å². The molecule has 0 amide bonds. The van der Waals surface area contributed by atoms with Crippen molar-refractivity contribution in [3.05, 3.63) is 47.5 Å². The summed E-state index contributed by atoms with van der Waals surface area (Å²) in [6.07, 6.45) is 7.63. The molecule has 3 nitrogen and oxygen atoms in total.